The fourth-order valence-electron chi connectivity index (χ4n) is 2.06. The van der Waals surface area contributed by atoms with Gasteiger partial charge in [-0.15, -0.1) is 0 Å². The van der Waals surface area contributed by atoms with Gasteiger partial charge in [-0.3, -0.25) is 25.0 Å². The Morgan fingerprint density at radius 2 is 2.00 bits per heavy atom. The van der Waals surface area contributed by atoms with Crippen LogP contribution in [0.3, 0.4) is 0 Å². The van der Waals surface area contributed by atoms with Crippen molar-refractivity contribution in [3.63, 3.8) is 0 Å². The summed E-state index contributed by atoms with van der Waals surface area (Å²) in [5.41, 5.74) is -0.453. The van der Waals surface area contributed by atoms with Gasteiger partial charge in [-0.1, -0.05) is 6.07 Å². The summed E-state index contributed by atoms with van der Waals surface area (Å²) in [5, 5.41) is 21.9. The van der Waals surface area contributed by atoms with E-state index in [1.165, 1.54) is 30.1 Å². The normalized spacial score (nSPS) is 18.4. The number of hydrogen-bond donors (Lipinski definition) is 0. The van der Waals surface area contributed by atoms with E-state index in [9.17, 15) is 25.0 Å². The first-order chi connectivity index (χ1) is 8.43. The van der Waals surface area contributed by atoms with Crippen molar-refractivity contribution in [2.45, 2.75) is 6.04 Å². The first-order valence-corrected chi connectivity index (χ1v) is 5.09. The van der Waals surface area contributed by atoms with Crippen LogP contribution < -0.4 is 0 Å². The number of benzene rings is 1. The van der Waals surface area contributed by atoms with Gasteiger partial charge in [0.15, 0.2) is 0 Å². The smallest absolute Gasteiger partial charge is 0.280 e. The third-order valence-electron chi connectivity index (χ3n) is 2.89. The molecule has 0 N–H and O–H groups in total. The molecule has 0 saturated heterocycles. The Balaban J connectivity index is 2.71. The zero-order chi connectivity index (χ0) is 13.4. The van der Waals surface area contributed by atoms with Crippen molar-refractivity contribution >= 4 is 11.6 Å². The molecule has 1 amide bonds. The molecular weight excluding hydrogens is 242 g/mol. The maximum atomic E-state index is 11.8. The lowest BCUT2D eigenvalue weighted by Gasteiger charge is -2.26. The van der Waals surface area contributed by atoms with E-state index in [1.807, 2.05) is 0 Å². The van der Waals surface area contributed by atoms with Gasteiger partial charge in [0.25, 0.3) is 17.6 Å². The van der Waals surface area contributed by atoms with E-state index in [2.05, 4.69) is 0 Å². The average molecular weight is 251 g/mol. The third kappa shape index (κ3) is 1.67. The summed E-state index contributed by atoms with van der Waals surface area (Å²) >= 11 is 0. The van der Waals surface area contributed by atoms with Gasteiger partial charge < -0.3 is 4.90 Å². The Labute approximate surface area is 101 Å². The van der Waals surface area contributed by atoms with Crippen LogP contribution in [0.25, 0.3) is 0 Å². The Kier molecular flexibility index (Phi) is 2.70. The van der Waals surface area contributed by atoms with Crippen LogP contribution in [0.4, 0.5) is 5.69 Å². The fraction of sp³-hybridized carbons (Fsp3) is 0.300. The van der Waals surface area contributed by atoms with E-state index in [-0.39, 0.29) is 23.4 Å². The van der Waals surface area contributed by atoms with E-state index in [1.54, 1.807) is 0 Å². The molecule has 1 aliphatic heterocycles. The quantitative estimate of drug-likeness (QED) is 0.575. The van der Waals surface area contributed by atoms with Crippen molar-refractivity contribution in [2.75, 3.05) is 13.6 Å². The number of rotatable bonds is 2. The first-order valence-electron chi connectivity index (χ1n) is 5.09. The SMILES string of the molecule is CN1CC([N+](=O)[O-])c2c(cccc2[N+](=O)[O-])C1=O. The van der Waals surface area contributed by atoms with Crippen LogP contribution in [0.5, 0.6) is 0 Å². The Hall–Kier alpha value is -2.51. The van der Waals surface area contributed by atoms with Gasteiger partial charge in [0.1, 0.15) is 5.56 Å². The van der Waals surface area contributed by atoms with E-state index < -0.39 is 21.8 Å². The van der Waals surface area contributed by atoms with Crippen LogP contribution in [0.1, 0.15) is 22.0 Å². The maximum Gasteiger partial charge on any atom is 0.280 e. The zero-order valence-electron chi connectivity index (χ0n) is 9.40. The van der Waals surface area contributed by atoms with Crippen molar-refractivity contribution < 1.29 is 14.6 Å². The number of likely N-dealkylation sites (N-methyl/N-ethyl adjacent to an activating group) is 1. The molecule has 2 rings (SSSR count). The molecule has 1 aromatic rings. The number of carbonyl (C=O) groups is 1. The summed E-state index contributed by atoms with van der Waals surface area (Å²) in [6.07, 6.45) is 0. The molecule has 0 spiro atoms. The molecule has 0 aliphatic carbocycles. The van der Waals surface area contributed by atoms with Gasteiger partial charge in [-0.25, -0.2) is 0 Å². The van der Waals surface area contributed by atoms with Crippen LogP contribution in [0.2, 0.25) is 0 Å². The van der Waals surface area contributed by atoms with Crippen LogP contribution in [0.15, 0.2) is 18.2 Å². The van der Waals surface area contributed by atoms with Gasteiger partial charge in [0.05, 0.1) is 17.0 Å². The number of hydrogen-bond acceptors (Lipinski definition) is 5. The Morgan fingerprint density at radius 1 is 1.33 bits per heavy atom. The average Bonchev–Trinajstić information content (AvgIpc) is 2.32. The summed E-state index contributed by atoms with van der Waals surface area (Å²) < 4.78 is 0. The highest BCUT2D eigenvalue weighted by atomic mass is 16.6. The van der Waals surface area contributed by atoms with Gasteiger partial charge in [-0.2, -0.15) is 0 Å². The van der Waals surface area contributed by atoms with Crippen LogP contribution >= 0.6 is 0 Å². The molecule has 8 nitrogen and oxygen atoms in total. The summed E-state index contributed by atoms with van der Waals surface area (Å²) in [4.78, 5) is 33.6. The fourth-order valence-corrected chi connectivity index (χ4v) is 2.06. The predicted octanol–water partition coefficient (Wildman–Crippen LogP) is 0.998. The topological polar surface area (TPSA) is 107 Å². The summed E-state index contributed by atoms with van der Waals surface area (Å²) in [6.45, 7) is -0.163. The lowest BCUT2D eigenvalue weighted by atomic mass is 9.93. The molecule has 0 fully saturated rings. The standard InChI is InChI=1S/C10H9N3O5/c1-11-5-8(13(17)18)9-6(10(11)14)3-2-4-7(9)12(15)16/h2-4,8H,5H2,1H3. The van der Waals surface area contributed by atoms with E-state index >= 15 is 0 Å². The highest BCUT2D eigenvalue weighted by Gasteiger charge is 2.41. The van der Waals surface area contributed by atoms with Crippen molar-refractivity contribution in [3.05, 3.63) is 49.6 Å². The highest BCUT2D eigenvalue weighted by Crippen LogP contribution is 2.34. The van der Waals surface area contributed by atoms with Gasteiger partial charge in [0, 0.05) is 18.0 Å². The molecule has 1 aliphatic rings. The first kappa shape index (κ1) is 12.0. The molecule has 1 aromatic carbocycles. The maximum absolute atomic E-state index is 11.8. The Morgan fingerprint density at radius 3 is 2.56 bits per heavy atom. The van der Waals surface area contributed by atoms with E-state index in [0.717, 1.165) is 0 Å². The van der Waals surface area contributed by atoms with E-state index in [4.69, 9.17) is 0 Å². The van der Waals surface area contributed by atoms with Crippen LogP contribution in [-0.4, -0.2) is 34.2 Å². The predicted molar refractivity (Wildman–Crippen MR) is 59.8 cm³/mol. The van der Waals surface area contributed by atoms with Gasteiger partial charge in [0.2, 0.25) is 0 Å². The molecule has 18 heavy (non-hydrogen) atoms. The monoisotopic (exact) mass is 251 g/mol. The second-order valence-corrected chi connectivity index (χ2v) is 3.98. The largest absolute Gasteiger partial charge is 0.334 e. The van der Waals surface area contributed by atoms with Crippen molar-refractivity contribution in [2.24, 2.45) is 0 Å². The second kappa shape index (κ2) is 4.06. The van der Waals surface area contributed by atoms with Crippen LogP contribution in [0, 0.1) is 20.2 Å². The lowest BCUT2D eigenvalue weighted by molar-refractivity contribution is -0.531. The highest BCUT2D eigenvalue weighted by molar-refractivity contribution is 5.97. The number of fused-ring (bicyclic) bond motifs is 1. The molecular formula is C10H9N3O5. The number of nitro benzene ring substituents is 1. The minimum atomic E-state index is -1.26. The van der Waals surface area contributed by atoms with Crippen molar-refractivity contribution in [1.29, 1.82) is 0 Å². The molecule has 0 bridgehead atoms. The third-order valence-corrected chi connectivity index (χ3v) is 2.89. The molecule has 1 heterocycles. The molecule has 8 heteroatoms. The molecule has 0 radical (unpaired) electrons. The van der Waals surface area contributed by atoms with Crippen molar-refractivity contribution in [3.8, 4) is 0 Å². The number of carbonyl (C=O) groups excluding carboxylic acids is 1. The molecule has 0 aromatic heterocycles. The molecule has 94 valence electrons. The van der Waals surface area contributed by atoms with Crippen molar-refractivity contribution in [1.82, 2.24) is 4.90 Å². The summed E-state index contributed by atoms with van der Waals surface area (Å²) in [7, 11) is 1.43. The molecule has 1 unspecified atom stereocenters. The number of nitrogens with zero attached hydrogens (tertiary/aromatic N) is 3. The Bertz CT molecular complexity index is 556. The zero-order valence-corrected chi connectivity index (χ0v) is 9.40. The second-order valence-electron chi connectivity index (χ2n) is 3.98. The van der Waals surface area contributed by atoms with Gasteiger partial charge >= 0.3 is 0 Å². The minimum absolute atomic E-state index is 0.0275. The number of amides is 1. The van der Waals surface area contributed by atoms with E-state index in [0.29, 0.717) is 0 Å². The summed E-state index contributed by atoms with van der Waals surface area (Å²) in [6, 6.07) is 2.64. The minimum Gasteiger partial charge on any atom is -0.334 e. The number of nitro groups is 2. The molecule has 0 saturated carbocycles. The summed E-state index contributed by atoms with van der Waals surface area (Å²) in [5.74, 6) is -0.438. The van der Waals surface area contributed by atoms with Crippen LogP contribution in [-0.2, 0) is 0 Å². The van der Waals surface area contributed by atoms with Gasteiger partial charge in [-0.05, 0) is 6.07 Å². The molecule has 1 atom stereocenters. The lowest BCUT2D eigenvalue weighted by Crippen LogP contribution is -2.39.